The lowest BCUT2D eigenvalue weighted by Crippen LogP contribution is -2.40. The fourth-order valence-electron chi connectivity index (χ4n) is 1.15. The molecule has 1 unspecified atom stereocenters. The molecule has 0 aromatic rings. The number of rotatable bonds is 1. The van der Waals surface area contributed by atoms with Crippen molar-refractivity contribution < 1.29 is 18.3 Å². The monoisotopic (exact) mass is 196 g/mol. The number of halogens is 2. The largest absolute Gasteiger partial charge is 0.469 e. The Morgan fingerprint density at radius 2 is 2.33 bits per heavy atom. The fourth-order valence-corrected chi connectivity index (χ4v) is 2.17. The van der Waals surface area contributed by atoms with E-state index in [1.54, 1.807) is 0 Å². The van der Waals surface area contributed by atoms with Crippen molar-refractivity contribution in [3.05, 3.63) is 0 Å². The molecular weight excluding hydrogens is 186 g/mol. The van der Waals surface area contributed by atoms with Crippen molar-refractivity contribution in [1.82, 2.24) is 0 Å². The highest BCUT2D eigenvalue weighted by atomic mass is 32.2. The first kappa shape index (κ1) is 9.77. The molecule has 0 bridgehead atoms. The lowest BCUT2D eigenvalue weighted by molar-refractivity contribution is -0.158. The van der Waals surface area contributed by atoms with Crippen LogP contribution in [0, 0.1) is 5.92 Å². The Morgan fingerprint density at radius 3 is 2.83 bits per heavy atom. The van der Waals surface area contributed by atoms with Crippen LogP contribution in [0.25, 0.3) is 0 Å². The maximum absolute atomic E-state index is 13.0. The molecule has 70 valence electrons. The quantitative estimate of drug-likeness (QED) is 0.595. The number of alkyl halides is 2. The minimum absolute atomic E-state index is 0.213. The van der Waals surface area contributed by atoms with Gasteiger partial charge in [-0.2, -0.15) is 11.8 Å². The summed E-state index contributed by atoms with van der Waals surface area (Å²) in [6.45, 7) is 0. The van der Waals surface area contributed by atoms with Crippen LogP contribution >= 0.6 is 11.8 Å². The van der Waals surface area contributed by atoms with Crippen molar-refractivity contribution in [3.63, 3.8) is 0 Å². The second-order valence-electron chi connectivity index (χ2n) is 2.68. The highest BCUT2D eigenvalue weighted by Gasteiger charge is 2.46. The molecule has 0 aromatic heterocycles. The standard InChI is InChI=1S/C7H10F2O2S/c1-11-6(10)5-2-3-12-4-7(5,8)9/h5H,2-4H2,1H3. The lowest BCUT2D eigenvalue weighted by Gasteiger charge is -2.28. The van der Waals surface area contributed by atoms with Gasteiger partial charge >= 0.3 is 5.97 Å². The predicted molar refractivity (Wildman–Crippen MR) is 42.4 cm³/mol. The van der Waals surface area contributed by atoms with Gasteiger partial charge in [-0.3, -0.25) is 4.79 Å². The Balaban J connectivity index is 2.66. The molecule has 0 amide bonds. The van der Waals surface area contributed by atoms with E-state index in [9.17, 15) is 13.6 Å². The van der Waals surface area contributed by atoms with Gasteiger partial charge in [0.2, 0.25) is 0 Å². The topological polar surface area (TPSA) is 26.3 Å². The molecule has 0 aliphatic carbocycles. The van der Waals surface area contributed by atoms with Crippen LogP contribution in [0.3, 0.4) is 0 Å². The van der Waals surface area contributed by atoms with E-state index >= 15 is 0 Å². The van der Waals surface area contributed by atoms with Crippen LogP contribution in [0.1, 0.15) is 6.42 Å². The summed E-state index contributed by atoms with van der Waals surface area (Å²) in [5, 5.41) is 0. The normalized spacial score (nSPS) is 28.1. The number of hydrogen-bond donors (Lipinski definition) is 0. The molecule has 12 heavy (non-hydrogen) atoms. The van der Waals surface area contributed by atoms with Crippen LogP contribution in [-0.4, -0.2) is 30.5 Å². The van der Waals surface area contributed by atoms with E-state index in [1.165, 1.54) is 11.8 Å². The zero-order chi connectivity index (χ0) is 9.19. The van der Waals surface area contributed by atoms with Crippen molar-refractivity contribution in [2.75, 3.05) is 18.6 Å². The first-order chi connectivity index (χ1) is 5.58. The minimum Gasteiger partial charge on any atom is -0.469 e. The lowest BCUT2D eigenvalue weighted by atomic mass is 9.99. The van der Waals surface area contributed by atoms with E-state index in [-0.39, 0.29) is 12.2 Å². The molecular formula is C7H10F2O2S. The van der Waals surface area contributed by atoms with Gasteiger partial charge in [0.1, 0.15) is 5.92 Å². The Kier molecular flexibility index (Phi) is 2.93. The summed E-state index contributed by atoms with van der Waals surface area (Å²) in [6.07, 6.45) is 0.213. The summed E-state index contributed by atoms with van der Waals surface area (Å²) in [7, 11) is 1.14. The molecule has 0 aromatic carbocycles. The third kappa shape index (κ3) is 1.88. The number of thioether (sulfide) groups is 1. The zero-order valence-electron chi connectivity index (χ0n) is 6.68. The number of esters is 1. The third-order valence-corrected chi connectivity index (χ3v) is 2.95. The zero-order valence-corrected chi connectivity index (χ0v) is 7.50. The SMILES string of the molecule is COC(=O)C1CCSCC1(F)F. The molecule has 1 fully saturated rings. The number of hydrogen-bond acceptors (Lipinski definition) is 3. The Bertz CT molecular complexity index is 184. The van der Waals surface area contributed by atoms with Crippen molar-refractivity contribution in [2.24, 2.45) is 5.92 Å². The molecule has 1 aliphatic heterocycles. The average Bonchev–Trinajstić information content (AvgIpc) is 2.02. The van der Waals surface area contributed by atoms with Gasteiger partial charge in [-0.1, -0.05) is 0 Å². The molecule has 1 saturated heterocycles. The van der Waals surface area contributed by atoms with E-state index < -0.39 is 17.8 Å². The highest BCUT2D eigenvalue weighted by molar-refractivity contribution is 7.99. The number of ether oxygens (including phenoxy) is 1. The third-order valence-electron chi connectivity index (χ3n) is 1.84. The maximum Gasteiger partial charge on any atom is 0.314 e. The van der Waals surface area contributed by atoms with Crippen LogP contribution in [0.2, 0.25) is 0 Å². The second kappa shape index (κ2) is 3.60. The Morgan fingerprint density at radius 1 is 1.67 bits per heavy atom. The van der Waals surface area contributed by atoms with Crippen LogP contribution in [0.5, 0.6) is 0 Å². The van der Waals surface area contributed by atoms with E-state index in [2.05, 4.69) is 4.74 Å². The number of carbonyl (C=O) groups excluding carboxylic acids is 1. The van der Waals surface area contributed by atoms with Gasteiger partial charge in [0.25, 0.3) is 5.92 Å². The molecule has 1 rings (SSSR count). The van der Waals surface area contributed by atoms with Crippen LogP contribution < -0.4 is 0 Å². The van der Waals surface area contributed by atoms with Crippen LogP contribution in [0.4, 0.5) is 8.78 Å². The molecule has 0 radical (unpaired) electrons. The molecule has 1 heterocycles. The Hall–Kier alpha value is -0.320. The predicted octanol–water partition coefficient (Wildman–Crippen LogP) is 1.55. The first-order valence-electron chi connectivity index (χ1n) is 3.61. The van der Waals surface area contributed by atoms with Crippen LogP contribution in [0.15, 0.2) is 0 Å². The van der Waals surface area contributed by atoms with Crippen molar-refractivity contribution in [1.29, 1.82) is 0 Å². The highest BCUT2D eigenvalue weighted by Crippen LogP contribution is 2.37. The molecule has 1 aliphatic rings. The van der Waals surface area contributed by atoms with E-state index in [0.29, 0.717) is 5.75 Å². The number of methoxy groups -OCH3 is 1. The molecule has 5 heteroatoms. The van der Waals surface area contributed by atoms with Gasteiger partial charge < -0.3 is 4.74 Å². The molecule has 0 N–H and O–H groups in total. The van der Waals surface area contributed by atoms with Gasteiger partial charge in [0, 0.05) is 0 Å². The van der Waals surface area contributed by atoms with Gasteiger partial charge in [0.05, 0.1) is 12.9 Å². The van der Waals surface area contributed by atoms with Crippen molar-refractivity contribution >= 4 is 17.7 Å². The smallest absolute Gasteiger partial charge is 0.314 e. The maximum atomic E-state index is 13.0. The van der Waals surface area contributed by atoms with Gasteiger partial charge in [-0.05, 0) is 12.2 Å². The summed E-state index contributed by atoms with van der Waals surface area (Å²) in [5.41, 5.74) is 0. The average molecular weight is 196 g/mol. The molecule has 0 spiro atoms. The van der Waals surface area contributed by atoms with E-state index in [4.69, 9.17) is 0 Å². The summed E-state index contributed by atoms with van der Waals surface area (Å²) in [5.74, 6) is -4.58. The van der Waals surface area contributed by atoms with E-state index in [0.717, 1.165) is 7.11 Å². The van der Waals surface area contributed by atoms with Gasteiger partial charge in [-0.15, -0.1) is 0 Å². The summed E-state index contributed by atoms with van der Waals surface area (Å²) in [6, 6.07) is 0. The first-order valence-corrected chi connectivity index (χ1v) is 4.77. The van der Waals surface area contributed by atoms with Gasteiger partial charge in [-0.25, -0.2) is 8.78 Å². The molecule has 2 nitrogen and oxygen atoms in total. The number of carbonyl (C=O) groups is 1. The Labute approximate surface area is 73.7 Å². The van der Waals surface area contributed by atoms with Crippen molar-refractivity contribution in [3.8, 4) is 0 Å². The van der Waals surface area contributed by atoms with E-state index in [1.807, 2.05) is 0 Å². The van der Waals surface area contributed by atoms with Crippen molar-refractivity contribution in [2.45, 2.75) is 12.3 Å². The van der Waals surface area contributed by atoms with Crippen LogP contribution in [-0.2, 0) is 9.53 Å². The minimum atomic E-state index is -2.89. The summed E-state index contributed by atoms with van der Waals surface area (Å²) in [4.78, 5) is 10.9. The second-order valence-corrected chi connectivity index (χ2v) is 3.78. The summed E-state index contributed by atoms with van der Waals surface area (Å²) >= 11 is 1.18. The molecule has 0 saturated carbocycles. The van der Waals surface area contributed by atoms with Gasteiger partial charge in [0.15, 0.2) is 0 Å². The summed E-state index contributed by atoms with van der Waals surface area (Å²) < 4.78 is 30.3. The molecule has 1 atom stereocenters. The fraction of sp³-hybridized carbons (Fsp3) is 0.857.